The fraction of sp³-hybridized carbons (Fsp3) is 0.562. The van der Waals surface area contributed by atoms with Gasteiger partial charge in [0.1, 0.15) is 5.54 Å². The van der Waals surface area contributed by atoms with E-state index < -0.39 is 5.54 Å². The number of hydrogen-bond donors (Lipinski definition) is 2. The molecule has 5 nitrogen and oxygen atoms in total. The molecule has 1 fully saturated rings. The molecule has 1 amide bonds. The summed E-state index contributed by atoms with van der Waals surface area (Å²) in [5.74, 6) is -0.157. The van der Waals surface area contributed by atoms with Gasteiger partial charge in [-0.1, -0.05) is 28.1 Å². The molecule has 0 bridgehead atoms. The summed E-state index contributed by atoms with van der Waals surface area (Å²) in [6.45, 7) is 7.89. The van der Waals surface area contributed by atoms with Crippen molar-refractivity contribution >= 4 is 46.7 Å². The lowest BCUT2D eigenvalue weighted by atomic mass is 9.92. The van der Waals surface area contributed by atoms with Crippen molar-refractivity contribution in [1.82, 2.24) is 10.2 Å². The number of nitrogens with zero attached hydrogens (tertiary/aromatic N) is 1. The molecule has 3 N–H and O–H groups in total. The summed E-state index contributed by atoms with van der Waals surface area (Å²) in [5.41, 5.74) is 6.01. The molecule has 1 aliphatic rings. The molecular formula is C16H26BrCl2N3O2. The van der Waals surface area contributed by atoms with Crippen molar-refractivity contribution in [2.75, 3.05) is 32.8 Å². The van der Waals surface area contributed by atoms with E-state index in [1.165, 1.54) is 0 Å². The van der Waals surface area contributed by atoms with Crippen LogP contribution in [0.4, 0.5) is 0 Å². The summed E-state index contributed by atoms with van der Waals surface area (Å²) in [6, 6.07) is 7.58. The van der Waals surface area contributed by atoms with Crippen LogP contribution in [0, 0.1) is 0 Å². The fourth-order valence-electron chi connectivity index (χ4n) is 2.52. The van der Waals surface area contributed by atoms with E-state index in [1.54, 1.807) is 6.92 Å². The van der Waals surface area contributed by atoms with Crippen molar-refractivity contribution in [3.8, 4) is 0 Å². The van der Waals surface area contributed by atoms with Gasteiger partial charge < -0.3 is 15.8 Å². The van der Waals surface area contributed by atoms with Gasteiger partial charge in [0.25, 0.3) is 0 Å². The number of halogens is 3. The number of nitrogens with one attached hydrogen (secondary N) is 1. The normalized spacial score (nSPS) is 18.5. The molecule has 24 heavy (non-hydrogen) atoms. The minimum atomic E-state index is -1.04. The first-order chi connectivity index (χ1) is 10.4. The number of morpholine rings is 1. The van der Waals surface area contributed by atoms with Gasteiger partial charge in [-0.2, -0.15) is 0 Å². The van der Waals surface area contributed by atoms with Gasteiger partial charge >= 0.3 is 0 Å². The van der Waals surface area contributed by atoms with E-state index >= 15 is 0 Å². The van der Waals surface area contributed by atoms with E-state index in [1.807, 2.05) is 31.2 Å². The molecule has 0 spiro atoms. The van der Waals surface area contributed by atoms with Crippen molar-refractivity contribution in [1.29, 1.82) is 0 Å². The summed E-state index contributed by atoms with van der Waals surface area (Å²) < 4.78 is 6.30. The Kier molecular flexibility index (Phi) is 10.4. The number of carbonyl (C=O) groups is 1. The molecular weight excluding hydrogens is 417 g/mol. The average Bonchev–Trinajstić information content (AvgIpc) is 2.48. The Morgan fingerprint density at radius 2 is 1.88 bits per heavy atom. The molecule has 1 aliphatic heterocycles. The van der Waals surface area contributed by atoms with Gasteiger partial charge in [-0.15, -0.1) is 24.8 Å². The maximum absolute atomic E-state index is 12.5. The third-order valence-corrected chi connectivity index (χ3v) is 4.46. The zero-order valence-electron chi connectivity index (χ0n) is 14.0. The topological polar surface area (TPSA) is 67.6 Å². The predicted octanol–water partition coefficient (Wildman–Crippen LogP) is 2.30. The van der Waals surface area contributed by atoms with E-state index in [2.05, 4.69) is 26.1 Å². The molecule has 2 rings (SSSR count). The Hall–Kier alpha value is -0.370. The molecule has 138 valence electrons. The van der Waals surface area contributed by atoms with Crippen LogP contribution in [0.5, 0.6) is 0 Å². The molecule has 8 heteroatoms. The van der Waals surface area contributed by atoms with Crippen molar-refractivity contribution in [3.63, 3.8) is 0 Å². The Balaban J connectivity index is 0.00000264. The highest BCUT2D eigenvalue weighted by Gasteiger charge is 2.31. The lowest BCUT2D eigenvalue weighted by Crippen LogP contribution is -2.54. The van der Waals surface area contributed by atoms with Gasteiger partial charge in [0.15, 0.2) is 0 Å². The van der Waals surface area contributed by atoms with Gasteiger partial charge in [-0.3, -0.25) is 9.69 Å². The SMILES string of the molecule is CC(CN1CCOCC1)NC(=O)C(C)(N)c1ccc(Br)cc1.Cl.Cl. The van der Waals surface area contributed by atoms with Crippen LogP contribution in [0.15, 0.2) is 28.7 Å². The second kappa shape index (κ2) is 10.6. The van der Waals surface area contributed by atoms with Crippen LogP contribution in [-0.4, -0.2) is 49.7 Å². The molecule has 0 aromatic heterocycles. The van der Waals surface area contributed by atoms with E-state index in [0.29, 0.717) is 0 Å². The molecule has 1 saturated heterocycles. The van der Waals surface area contributed by atoms with Crippen LogP contribution in [0.25, 0.3) is 0 Å². The summed E-state index contributed by atoms with van der Waals surface area (Å²) in [6.07, 6.45) is 0. The Bertz CT molecular complexity index is 509. The van der Waals surface area contributed by atoms with E-state index in [4.69, 9.17) is 10.5 Å². The molecule has 2 atom stereocenters. The fourth-order valence-corrected chi connectivity index (χ4v) is 2.78. The van der Waals surface area contributed by atoms with Gasteiger partial charge in [0, 0.05) is 30.1 Å². The van der Waals surface area contributed by atoms with Crippen molar-refractivity contribution in [2.24, 2.45) is 5.73 Å². The number of ether oxygens (including phenoxy) is 1. The van der Waals surface area contributed by atoms with E-state index in [0.717, 1.165) is 42.9 Å². The number of amides is 1. The zero-order chi connectivity index (χ0) is 16.2. The largest absolute Gasteiger partial charge is 0.379 e. The van der Waals surface area contributed by atoms with Gasteiger partial charge in [-0.05, 0) is 31.5 Å². The summed E-state index contributed by atoms with van der Waals surface area (Å²) in [7, 11) is 0. The third-order valence-electron chi connectivity index (χ3n) is 3.93. The standard InChI is InChI=1S/C16H24BrN3O2.2ClH/c1-12(11-20-7-9-22-10-8-20)19-15(21)16(2,18)13-3-5-14(17)6-4-13;;/h3-6,12H,7-11,18H2,1-2H3,(H,19,21);2*1H. The van der Waals surface area contributed by atoms with Gasteiger partial charge in [0.05, 0.1) is 13.2 Å². The van der Waals surface area contributed by atoms with Crippen LogP contribution in [0.1, 0.15) is 19.4 Å². The molecule has 2 unspecified atom stereocenters. The second-order valence-corrected chi connectivity index (χ2v) is 6.91. The lowest BCUT2D eigenvalue weighted by molar-refractivity contribution is -0.126. The number of benzene rings is 1. The molecule has 1 aromatic rings. The van der Waals surface area contributed by atoms with Crippen LogP contribution >= 0.6 is 40.7 Å². The van der Waals surface area contributed by atoms with Gasteiger partial charge in [-0.25, -0.2) is 0 Å². The van der Waals surface area contributed by atoms with Crippen LogP contribution < -0.4 is 11.1 Å². The third kappa shape index (κ3) is 6.50. The van der Waals surface area contributed by atoms with Crippen molar-refractivity contribution in [3.05, 3.63) is 34.3 Å². The second-order valence-electron chi connectivity index (χ2n) is 6.00. The minimum absolute atomic E-state index is 0. The highest BCUT2D eigenvalue weighted by Crippen LogP contribution is 2.20. The Morgan fingerprint density at radius 3 is 2.42 bits per heavy atom. The monoisotopic (exact) mass is 441 g/mol. The molecule has 1 heterocycles. The first-order valence-corrected chi connectivity index (χ1v) is 8.35. The van der Waals surface area contributed by atoms with E-state index in [-0.39, 0.29) is 36.8 Å². The molecule has 1 aromatic carbocycles. The lowest BCUT2D eigenvalue weighted by Gasteiger charge is -2.31. The summed E-state index contributed by atoms with van der Waals surface area (Å²) in [4.78, 5) is 14.8. The van der Waals surface area contributed by atoms with E-state index in [9.17, 15) is 4.79 Å². The van der Waals surface area contributed by atoms with Crippen LogP contribution in [0.3, 0.4) is 0 Å². The van der Waals surface area contributed by atoms with Crippen LogP contribution in [0.2, 0.25) is 0 Å². The predicted molar refractivity (Wildman–Crippen MR) is 105 cm³/mol. The number of rotatable bonds is 5. The Morgan fingerprint density at radius 1 is 1.33 bits per heavy atom. The van der Waals surface area contributed by atoms with Crippen LogP contribution in [-0.2, 0) is 15.1 Å². The van der Waals surface area contributed by atoms with Crippen molar-refractivity contribution in [2.45, 2.75) is 25.4 Å². The first-order valence-electron chi connectivity index (χ1n) is 7.55. The number of nitrogens with two attached hydrogens (primary N) is 1. The smallest absolute Gasteiger partial charge is 0.244 e. The summed E-state index contributed by atoms with van der Waals surface area (Å²) in [5, 5.41) is 3.02. The molecule has 0 radical (unpaired) electrons. The maximum atomic E-state index is 12.5. The average molecular weight is 443 g/mol. The first kappa shape index (κ1) is 23.6. The number of hydrogen-bond acceptors (Lipinski definition) is 4. The highest BCUT2D eigenvalue weighted by atomic mass is 79.9. The molecule has 0 aliphatic carbocycles. The zero-order valence-corrected chi connectivity index (χ0v) is 17.2. The quantitative estimate of drug-likeness (QED) is 0.734. The highest BCUT2D eigenvalue weighted by molar-refractivity contribution is 9.10. The van der Waals surface area contributed by atoms with Gasteiger partial charge in [0.2, 0.25) is 5.91 Å². The minimum Gasteiger partial charge on any atom is -0.379 e. The number of carbonyl (C=O) groups excluding carboxylic acids is 1. The Labute approximate surface area is 164 Å². The maximum Gasteiger partial charge on any atom is 0.244 e. The summed E-state index contributed by atoms with van der Waals surface area (Å²) >= 11 is 3.39. The van der Waals surface area contributed by atoms with Crippen molar-refractivity contribution < 1.29 is 9.53 Å². The molecule has 0 saturated carbocycles.